The van der Waals surface area contributed by atoms with Crippen LogP contribution in [0.4, 0.5) is 0 Å². The SMILES string of the molecule is Cl.O=C(COc1ccccc1Cc1ccccc1)N[C@H]1CCCNC1. The van der Waals surface area contributed by atoms with Gasteiger partial charge >= 0.3 is 0 Å². The van der Waals surface area contributed by atoms with Crippen molar-refractivity contribution in [2.45, 2.75) is 25.3 Å². The smallest absolute Gasteiger partial charge is 0.258 e. The zero-order valence-corrected chi connectivity index (χ0v) is 15.1. The summed E-state index contributed by atoms with van der Waals surface area (Å²) in [4.78, 5) is 12.1. The zero-order chi connectivity index (χ0) is 16.6. The van der Waals surface area contributed by atoms with E-state index < -0.39 is 0 Å². The summed E-state index contributed by atoms with van der Waals surface area (Å²) >= 11 is 0. The predicted molar refractivity (Wildman–Crippen MR) is 102 cm³/mol. The van der Waals surface area contributed by atoms with Gasteiger partial charge in [0.05, 0.1) is 0 Å². The third-order valence-corrected chi connectivity index (χ3v) is 4.23. The molecule has 2 N–H and O–H groups in total. The molecule has 1 aliphatic rings. The molecular formula is C20H25ClN2O2. The van der Waals surface area contributed by atoms with Gasteiger partial charge in [0.1, 0.15) is 5.75 Å². The Balaban J connectivity index is 0.00000225. The highest BCUT2D eigenvalue weighted by Gasteiger charge is 2.15. The molecule has 0 aromatic heterocycles. The summed E-state index contributed by atoms with van der Waals surface area (Å²) in [6, 6.07) is 18.4. The number of hydrogen-bond donors (Lipinski definition) is 2. The van der Waals surface area contributed by atoms with Crippen molar-refractivity contribution in [2.24, 2.45) is 0 Å². The molecule has 0 saturated carbocycles. The molecule has 3 rings (SSSR count). The van der Waals surface area contributed by atoms with Crippen molar-refractivity contribution in [2.75, 3.05) is 19.7 Å². The number of amides is 1. The first-order valence-corrected chi connectivity index (χ1v) is 8.56. The number of carbonyl (C=O) groups excluding carboxylic acids is 1. The van der Waals surface area contributed by atoms with Gasteiger partial charge in [0.15, 0.2) is 6.61 Å². The summed E-state index contributed by atoms with van der Waals surface area (Å²) in [5, 5.41) is 6.33. The van der Waals surface area contributed by atoms with E-state index in [1.165, 1.54) is 5.56 Å². The van der Waals surface area contributed by atoms with Gasteiger partial charge in [-0.05, 0) is 36.6 Å². The van der Waals surface area contributed by atoms with Crippen molar-refractivity contribution in [3.63, 3.8) is 0 Å². The topological polar surface area (TPSA) is 50.4 Å². The fourth-order valence-corrected chi connectivity index (χ4v) is 2.99. The summed E-state index contributed by atoms with van der Waals surface area (Å²) in [5.74, 6) is 0.719. The minimum atomic E-state index is -0.0572. The van der Waals surface area contributed by atoms with E-state index in [0.29, 0.717) is 0 Å². The first-order chi connectivity index (χ1) is 11.8. The second kappa shape index (κ2) is 10.1. The van der Waals surface area contributed by atoms with Crippen LogP contribution in [0.2, 0.25) is 0 Å². The lowest BCUT2D eigenvalue weighted by atomic mass is 10.0. The molecule has 0 unspecified atom stereocenters. The van der Waals surface area contributed by atoms with E-state index in [2.05, 4.69) is 22.8 Å². The molecule has 25 heavy (non-hydrogen) atoms. The molecule has 0 aliphatic carbocycles. The summed E-state index contributed by atoms with van der Waals surface area (Å²) in [6.45, 7) is 1.94. The molecule has 2 aromatic rings. The molecule has 0 radical (unpaired) electrons. The summed E-state index contributed by atoms with van der Waals surface area (Å²) in [7, 11) is 0. The summed E-state index contributed by atoms with van der Waals surface area (Å²) in [6.07, 6.45) is 2.93. The Labute approximate surface area is 155 Å². The average molecular weight is 361 g/mol. The van der Waals surface area contributed by atoms with Crippen molar-refractivity contribution in [3.8, 4) is 5.75 Å². The maximum absolute atomic E-state index is 12.1. The fourth-order valence-electron chi connectivity index (χ4n) is 2.99. The molecule has 2 aromatic carbocycles. The van der Waals surface area contributed by atoms with Crippen molar-refractivity contribution >= 4 is 18.3 Å². The second-order valence-electron chi connectivity index (χ2n) is 6.17. The number of piperidine rings is 1. The van der Waals surface area contributed by atoms with Gasteiger partial charge in [-0.3, -0.25) is 4.79 Å². The average Bonchev–Trinajstić information content (AvgIpc) is 2.63. The van der Waals surface area contributed by atoms with Crippen LogP contribution in [0.25, 0.3) is 0 Å². The van der Waals surface area contributed by atoms with Crippen LogP contribution < -0.4 is 15.4 Å². The van der Waals surface area contributed by atoms with Gasteiger partial charge in [0, 0.05) is 19.0 Å². The minimum Gasteiger partial charge on any atom is -0.483 e. The largest absolute Gasteiger partial charge is 0.483 e. The lowest BCUT2D eigenvalue weighted by Crippen LogP contribution is -2.47. The second-order valence-corrected chi connectivity index (χ2v) is 6.17. The van der Waals surface area contributed by atoms with E-state index >= 15 is 0 Å². The van der Waals surface area contributed by atoms with Crippen LogP contribution in [-0.4, -0.2) is 31.6 Å². The molecule has 1 atom stereocenters. The molecule has 134 valence electrons. The number of rotatable bonds is 6. The van der Waals surface area contributed by atoms with E-state index in [1.807, 2.05) is 42.5 Å². The Morgan fingerprint density at radius 3 is 2.64 bits per heavy atom. The third-order valence-electron chi connectivity index (χ3n) is 4.23. The highest BCUT2D eigenvalue weighted by Crippen LogP contribution is 2.21. The van der Waals surface area contributed by atoms with Crippen molar-refractivity contribution in [1.82, 2.24) is 10.6 Å². The van der Waals surface area contributed by atoms with Gasteiger partial charge in [0.2, 0.25) is 0 Å². The van der Waals surface area contributed by atoms with Gasteiger partial charge in [-0.15, -0.1) is 12.4 Å². The Bertz CT molecular complexity index is 658. The van der Waals surface area contributed by atoms with Crippen LogP contribution in [0, 0.1) is 0 Å². The van der Waals surface area contributed by atoms with Gasteiger partial charge < -0.3 is 15.4 Å². The number of ether oxygens (including phenoxy) is 1. The van der Waals surface area contributed by atoms with Crippen LogP contribution >= 0.6 is 12.4 Å². The van der Waals surface area contributed by atoms with Crippen LogP contribution in [-0.2, 0) is 11.2 Å². The number of para-hydroxylation sites is 1. The monoisotopic (exact) mass is 360 g/mol. The first kappa shape index (κ1) is 19.3. The molecule has 1 fully saturated rings. The van der Waals surface area contributed by atoms with E-state index in [-0.39, 0.29) is 31.0 Å². The minimum absolute atomic E-state index is 0. The first-order valence-electron chi connectivity index (χ1n) is 8.56. The molecule has 1 aliphatic heterocycles. The number of carbonyl (C=O) groups is 1. The standard InChI is InChI=1S/C20H24N2O2.ClH/c23-20(22-18-10-6-12-21-14-18)15-24-19-11-5-4-9-17(19)13-16-7-2-1-3-8-16;/h1-5,7-9,11,18,21H,6,10,12-15H2,(H,22,23);1H/t18-;/m0./s1. The van der Waals surface area contributed by atoms with Gasteiger partial charge in [0.25, 0.3) is 5.91 Å². The highest BCUT2D eigenvalue weighted by molar-refractivity contribution is 5.85. The van der Waals surface area contributed by atoms with Gasteiger partial charge in [-0.25, -0.2) is 0 Å². The number of benzene rings is 2. The van der Waals surface area contributed by atoms with Gasteiger partial charge in [-0.2, -0.15) is 0 Å². The van der Waals surface area contributed by atoms with Crippen molar-refractivity contribution in [3.05, 3.63) is 65.7 Å². The lowest BCUT2D eigenvalue weighted by molar-refractivity contribution is -0.123. The molecular weight excluding hydrogens is 336 g/mol. The lowest BCUT2D eigenvalue weighted by Gasteiger charge is -2.23. The Hall–Kier alpha value is -2.04. The van der Waals surface area contributed by atoms with Crippen molar-refractivity contribution in [1.29, 1.82) is 0 Å². The molecule has 0 bridgehead atoms. The van der Waals surface area contributed by atoms with Gasteiger partial charge in [-0.1, -0.05) is 48.5 Å². The Kier molecular flexibility index (Phi) is 7.76. The predicted octanol–water partition coefficient (Wildman–Crippen LogP) is 2.95. The van der Waals surface area contributed by atoms with Crippen molar-refractivity contribution < 1.29 is 9.53 Å². The van der Waals surface area contributed by atoms with Crippen LogP contribution in [0.1, 0.15) is 24.0 Å². The molecule has 1 amide bonds. The molecule has 0 spiro atoms. The Morgan fingerprint density at radius 1 is 1.12 bits per heavy atom. The van der Waals surface area contributed by atoms with E-state index in [9.17, 15) is 4.79 Å². The normalized spacial score (nSPS) is 16.6. The Morgan fingerprint density at radius 2 is 1.88 bits per heavy atom. The summed E-state index contributed by atoms with van der Waals surface area (Å²) in [5.41, 5.74) is 2.32. The number of halogens is 1. The summed E-state index contributed by atoms with van der Waals surface area (Å²) < 4.78 is 5.78. The quantitative estimate of drug-likeness (QED) is 0.832. The zero-order valence-electron chi connectivity index (χ0n) is 14.2. The number of nitrogens with one attached hydrogen (secondary N) is 2. The third kappa shape index (κ3) is 6.07. The molecule has 4 nitrogen and oxygen atoms in total. The number of hydrogen-bond acceptors (Lipinski definition) is 3. The van der Waals surface area contributed by atoms with Crippen LogP contribution in [0.5, 0.6) is 5.75 Å². The van der Waals surface area contributed by atoms with Crippen LogP contribution in [0.3, 0.4) is 0 Å². The molecule has 1 heterocycles. The molecule has 5 heteroatoms. The van der Waals surface area contributed by atoms with Crippen LogP contribution in [0.15, 0.2) is 54.6 Å². The maximum atomic E-state index is 12.1. The maximum Gasteiger partial charge on any atom is 0.258 e. The van der Waals surface area contributed by atoms with E-state index in [4.69, 9.17) is 4.74 Å². The van der Waals surface area contributed by atoms with E-state index in [0.717, 1.165) is 43.7 Å². The fraction of sp³-hybridized carbons (Fsp3) is 0.350. The van der Waals surface area contributed by atoms with E-state index in [1.54, 1.807) is 0 Å². The molecule has 1 saturated heterocycles. The highest BCUT2D eigenvalue weighted by atomic mass is 35.5.